The van der Waals surface area contributed by atoms with Gasteiger partial charge in [0, 0.05) is 18.1 Å². The molecule has 3 aromatic rings. The number of amides is 2. The smallest absolute Gasteiger partial charge is 0.341 e. The van der Waals surface area contributed by atoms with Crippen molar-refractivity contribution in [2.24, 2.45) is 0 Å². The van der Waals surface area contributed by atoms with E-state index >= 15 is 0 Å². The molecule has 0 aliphatic carbocycles. The van der Waals surface area contributed by atoms with E-state index in [0.717, 1.165) is 27.8 Å². The molecule has 0 saturated carbocycles. The Kier molecular flexibility index (Phi) is 6.68. The number of carbonyl (C=O) groups is 3. The molecule has 0 bridgehead atoms. The van der Waals surface area contributed by atoms with Gasteiger partial charge in [-0.3, -0.25) is 9.59 Å². The highest BCUT2D eigenvalue weighted by Crippen LogP contribution is 2.34. The predicted octanol–water partition coefficient (Wildman–Crippen LogP) is 3.80. The van der Waals surface area contributed by atoms with E-state index < -0.39 is 5.97 Å². The fourth-order valence-electron chi connectivity index (χ4n) is 3.11. The lowest BCUT2D eigenvalue weighted by atomic mass is 10.1. The summed E-state index contributed by atoms with van der Waals surface area (Å²) in [6, 6.07) is 13.7. The van der Waals surface area contributed by atoms with Crippen LogP contribution in [0.5, 0.6) is 0 Å². The molecular weight excluding hydrogens is 402 g/mol. The summed E-state index contributed by atoms with van der Waals surface area (Å²) in [7, 11) is 1.51. The molecule has 30 heavy (non-hydrogen) atoms. The summed E-state index contributed by atoms with van der Waals surface area (Å²) in [5.41, 5.74) is 1.52. The average Bonchev–Trinajstić information content (AvgIpc) is 3.07. The van der Waals surface area contributed by atoms with Gasteiger partial charge in [-0.1, -0.05) is 36.4 Å². The summed E-state index contributed by atoms with van der Waals surface area (Å²) in [6.45, 7) is 3.56. The summed E-state index contributed by atoms with van der Waals surface area (Å²) < 4.78 is 5.10. The van der Waals surface area contributed by atoms with Crippen molar-refractivity contribution in [3.63, 3.8) is 0 Å². The monoisotopic (exact) mass is 425 g/mol. The first-order chi connectivity index (χ1) is 14.5. The maximum atomic E-state index is 12.6. The molecule has 3 N–H and O–H groups in total. The van der Waals surface area contributed by atoms with E-state index in [0.29, 0.717) is 15.4 Å². The standard InChI is InChI=1S/C22H23N3O4S/c1-4-29-22(28)18-13(2)19(20(27)23-3)30-21(18)25-17(26)12-24-16-11-7-9-14-8-5-6-10-15(14)16/h5-11,24H,4,12H2,1-3H3,(H,23,27)(H,25,26). The Labute approximate surface area is 178 Å². The van der Waals surface area contributed by atoms with E-state index in [-0.39, 0.29) is 30.5 Å². The van der Waals surface area contributed by atoms with Crippen molar-refractivity contribution in [1.82, 2.24) is 5.32 Å². The Morgan fingerprint density at radius 1 is 1.07 bits per heavy atom. The molecule has 2 amide bonds. The fraction of sp³-hybridized carbons (Fsp3) is 0.227. The highest BCUT2D eigenvalue weighted by atomic mass is 32.1. The Morgan fingerprint density at radius 2 is 1.80 bits per heavy atom. The number of thiophene rings is 1. The SMILES string of the molecule is CCOC(=O)c1c(NC(=O)CNc2cccc3ccccc23)sc(C(=O)NC)c1C. The molecule has 1 aromatic heterocycles. The van der Waals surface area contributed by atoms with Crippen LogP contribution in [0.2, 0.25) is 0 Å². The van der Waals surface area contributed by atoms with Crippen LogP contribution in [-0.4, -0.2) is 38.0 Å². The number of hydrogen-bond acceptors (Lipinski definition) is 6. The molecular formula is C22H23N3O4S. The van der Waals surface area contributed by atoms with Gasteiger partial charge in [-0.25, -0.2) is 4.79 Å². The van der Waals surface area contributed by atoms with E-state index in [1.165, 1.54) is 7.05 Å². The minimum absolute atomic E-state index is 0.00251. The van der Waals surface area contributed by atoms with Crippen LogP contribution < -0.4 is 16.0 Å². The molecule has 156 valence electrons. The molecule has 0 saturated heterocycles. The van der Waals surface area contributed by atoms with Crippen molar-refractivity contribution in [3.05, 3.63) is 58.5 Å². The maximum Gasteiger partial charge on any atom is 0.341 e. The van der Waals surface area contributed by atoms with Crippen molar-refractivity contribution >= 4 is 50.6 Å². The van der Waals surface area contributed by atoms with Crippen molar-refractivity contribution in [2.75, 3.05) is 30.8 Å². The van der Waals surface area contributed by atoms with Gasteiger partial charge in [-0.15, -0.1) is 11.3 Å². The summed E-state index contributed by atoms with van der Waals surface area (Å²) in [6.07, 6.45) is 0. The van der Waals surface area contributed by atoms with Crippen LogP contribution in [0, 0.1) is 6.92 Å². The second kappa shape index (κ2) is 9.41. The van der Waals surface area contributed by atoms with Gasteiger partial charge in [-0.2, -0.15) is 0 Å². The number of hydrogen-bond donors (Lipinski definition) is 3. The lowest BCUT2D eigenvalue weighted by molar-refractivity contribution is -0.114. The number of rotatable bonds is 7. The summed E-state index contributed by atoms with van der Waals surface area (Å²) in [5.74, 6) is -1.23. The van der Waals surface area contributed by atoms with Gasteiger partial charge in [-0.05, 0) is 30.9 Å². The van der Waals surface area contributed by atoms with Crippen molar-refractivity contribution < 1.29 is 19.1 Å². The first-order valence-electron chi connectivity index (χ1n) is 9.50. The minimum atomic E-state index is -0.571. The molecule has 0 unspecified atom stereocenters. The Bertz CT molecular complexity index is 1100. The fourth-order valence-corrected chi connectivity index (χ4v) is 4.26. The number of carbonyl (C=O) groups excluding carboxylic acids is 3. The highest BCUT2D eigenvalue weighted by Gasteiger charge is 2.26. The van der Waals surface area contributed by atoms with Gasteiger partial charge < -0.3 is 20.7 Å². The first-order valence-corrected chi connectivity index (χ1v) is 10.3. The maximum absolute atomic E-state index is 12.6. The van der Waals surface area contributed by atoms with Gasteiger partial charge in [0.15, 0.2) is 0 Å². The third-order valence-electron chi connectivity index (χ3n) is 4.54. The Balaban J connectivity index is 1.80. The molecule has 1 heterocycles. The van der Waals surface area contributed by atoms with Crippen LogP contribution in [0.1, 0.15) is 32.5 Å². The van der Waals surface area contributed by atoms with Gasteiger partial charge >= 0.3 is 5.97 Å². The zero-order valence-electron chi connectivity index (χ0n) is 17.0. The molecule has 0 spiro atoms. The highest BCUT2D eigenvalue weighted by molar-refractivity contribution is 7.18. The van der Waals surface area contributed by atoms with Crippen LogP contribution in [0.15, 0.2) is 42.5 Å². The predicted molar refractivity (Wildman–Crippen MR) is 119 cm³/mol. The zero-order valence-corrected chi connectivity index (χ0v) is 17.8. The second-order valence-electron chi connectivity index (χ2n) is 6.49. The lowest BCUT2D eigenvalue weighted by Crippen LogP contribution is -2.22. The van der Waals surface area contributed by atoms with Crippen molar-refractivity contribution in [3.8, 4) is 0 Å². The third kappa shape index (κ3) is 4.44. The lowest BCUT2D eigenvalue weighted by Gasteiger charge is -2.10. The topological polar surface area (TPSA) is 96.5 Å². The van der Waals surface area contributed by atoms with Gasteiger partial charge in [0.1, 0.15) is 5.00 Å². The average molecular weight is 426 g/mol. The second-order valence-corrected chi connectivity index (χ2v) is 7.51. The molecule has 0 fully saturated rings. The van der Waals surface area contributed by atoms with Crippen LogP contribution in [0.3, 0.4) is 0 Å². The summed E-state index contributed by atoms with van der Waals surface area (Å²) in [5, 5.41) is 10.8. The van der Waals surface area contributed by atoms with Crippen molar-refractivity contribution in [1.29, 1.82) is 0 Å². The molecule has 0 atom stereocenters. The van der Waals surface area contributed by atoms with Crippen molar-refractivity contribution in [2.45, 2.75) is 13.8 Å². The van der Waals surface area contributed by atoms with E-state index in [4.69, 9.17) is 4.74 Å². The van der Waals surface area contributed by atoms with Gasteiger partial charge in [0.25, 0.3) is 5.91 Å². The van der Waals surface area contributed by atoms with E-state index in [1.54, 1.807) is 13.8 Å². The Hall–Kier alpha value is -3.39. The first kappa shape index (κ1) is 21.3. The number of anilines is 2. The van der Waals surface area contributed by atoms with Gasteiger partial charge in [0.2, 0.25) is 5.91 Å². The third-order valence-corrected chi connectivity index (χ3v) is 5.75. The number of esters is 1. The molecule has 2 aromatic carbocycles. The van der Waals surface area contributed by atoms with Crippen LogP contribution >= 0.6 is 11.3 Å². The molecule has 0 aliphatic rings. The Morgan fingerprint density at radius 3 is 2.53 bits per heavy atom. The number of ether oxygens (including phenoxy) is 1. The molecule has 3 rings (SSSR count). The normalized spacial score (nSPS) is 10.5. The quantitative estimate of drug-likeness (QED) is 0.501. The van der Waals surface area contributed by atoms with Crippen LogP contribution in [-0.2, 0) is 9.53 Å². The van der Waals surface area contributed by atoms with Crippen LogP contribution in [0.25, 0.3) is 10.8 Å². The van der Waals surface area contributed by atoms with E-state index in [2.05, 4.69) is 16.0 Å². The molecule has 0 aliphatic heterocycles. The largest absolute Gasteiger partial charge is 0.462 e. The number of fused-ring (bicyclic) bond motifs is 1. The van der Waals surface area contributed by atoms with Crippen LogP contribution in [0.4, 0.5) is 10.7 Å². The molecule has 7 nitrogen and oxygen atoms in total. The molecule has 8 heteroatoms. The van der Waals surface area contributed by atoms with E-state index in [1.807, 2.05) is 42.5 Å². The molecule has 0 radical (unpaired) electrons. The number of nitrogens with one attached hydrogen (secondary N) is 3. The zero-order chi connectivity index (χ0) is 21.7. The minimum Gasteiger partial charge on any atom is -0.462 e. The summed E-state index contributed by atoms with van der Waals surface area (Å²) in [4.78, 5) is 37.5. The number of benzene rings is 2. The van der Waals surface area contributed by atoms with E-state index in [9.17, 15) is 14.4 Å². The van der Waals surface area contributed by atoms with Gasteiger partial charge in [0.05, 0.1) is 23.6 Å². The summed E-state index contributed by atoms with van der Waals surface area (Å²) >= 11 is 1.05.